The summed E-state index contributed by atoms with van der Waals surface area (Å²) in [5.41, 5.74) is 3.09. The quantitative estimate of drug-likeness (QED) is 0.332. The number of rotatable bonds is 3. The number of fused-ring (bicyclic) bond motifs is 1. The zero-order chi connectivity index (χ0) is 26.3. The van der Waals surface area contributed by atoms with Crippen LogP contribution in [-0.4, -0.2) is 61.3 Å². The van der Waals surface area contributed by atoms with E-state index in [1.54, 1.807) is 12.5 Å². The molecule has 37 heavy (non-hydrogen) atoms. The summed E-state index contributed by atoms with van der Waals surface area (Å²) in [6.07, 6.45) is 6.99. The first kappa shape index (κ1) is 25.0. The van der Waals surface area contributed by atoms with Crippen LogP contribution in [0.15, 0.2) is 61.3 Å². The third kappa shape index (κ3) is 4.98. The lowest BCUT2D eigenvalue weighted by Crippen LogP contribution is -2.59. The van der Waals surface area contributed by atoms with Crippen molar-refractivity contribution in [2.75, 3.05) is 18.0 Å². The van der Waals surface area contributed by atoms with E-state index in [0.29, 0.717) is 18.1 Å². The number of carbonyl (C=O) groups is 1. The maximum atomic E-state index is 12.9. The zero-order valence-corrected chi connectivity index (χ0v) is 22.5. The Labute approximate surface area is 221 Å². The first-order valence-electron chi connectivity index (χ1n) is 12.4. The molecule has 0 N–H and O–H groups in total. The van der Waals surface area contributed by atoms with Crippen molar-refractivity contribution in [2.45, 2.75) is 52.3 Å². The van der Waals surface area contributed by atoms with Crippen LogP contribution in [-0.2, 0) is 4.74 Å². The van der Waals surface area contributed by atoms with Crippen LogP contribution < -0.4 is 4.90 Å². The summed E-state index contributed by atoms with van der Waals surface area (Å²) in [4.78, 5) is 30.8. The van der Waals surface area contributed by atoms with Gasteiger partial charge < -0.3 is 19.1 Å². The predicted octanol–water partition coefficient (Wildman–Crippen LogP) is 5.97. The third-order valence-electron chi connectivity index (χ3n) is 6.51. The lowest BCUT2D eigenvalue weighted by molar-refractivity contribution is 0.0130. The minimum atomic E-state index is -0.544. The molecule has 0 bridgehead atoms. The zero-order valence-electron chi connectivity index (χ0n) is 21.7. The topological polar surface area (TPSA) is 76.4 Å². The van der Waals surface area contributed by atoms with Crippen molar-refractivity contribution >= 4 is 34.5 Å². The van der Waals surface area contributed by atoms with Crippen molar-refractivity contribution in [3.05, 3.63) is 66.3 Å². The number of amides is 1. The SMILES string of the molecule is C[C@@H]1CN(c2ncnc3c2c(-c2cccnc2)cn3-c2cccc(Cl)c2)[C@@H](C)CN1C(=O)OC(C)(C)C. The minimum absolute atomic E-state index is 0.0121. The summed E-state index contributed by atoms with van der Waals surface area (Å²) >= 11 is 6.33. The van der Waals surface area contributed by atoms with Gasteiger partial charge in [-0.05, 0) is 58.9 Å². The van der Waals surface area contributed by atoms with E-state index in [0.717, 1.165) is 33.7 Å². The fraction of sp³-hybridized carbons (Fsp3) is 0.357. The second-order valence-corrected chi connectivity index (χ2v) is 10.9. The highest BCUT2D eigenvalue weighted by molar-refractivity contribution is 6.30. The van der Waals surface area contributed by atoms with Crippen LogP contribution in [0.3, 0.4) is 0 Å². The lowest BCUT2D eigenvalue weighted by atomic mass is 10.1. The average molecular weight is 519 g/mol. The Morgan fingerprint density at radius 3 is 2.59 bits per heavy atom. The minimum Gasteiger partial charge on any atom is -0.444 e. The fourth-order valence-corrected chi connectivity index (χ4v) is 5.01. The maximum absolute atomic E-state index is 12.9. The molecule has 192 valence electrons. The van der Waals surface area contributed by atoms with Crippen molar-refractivity contribution in [1.82, 2.24) is 24.4 Å². The molecule has 1 aliphatic rings. The van der Waals surface area contributed by atoms with Crippen LogP contribution >= 0.6 is 11.6 Å². The van der Waals surface area contributed by atoms with Gasteiger partial charge in [0.25, 0.3) is 0 Å². The Hall–Kier alpha value is -3.65. The molecule has 2 atom stereocenters. The molecule has 3 aromatic heterocycles. The summed E-state index contributed by atoms with van der Waals surface area (Å²) in [6, 6.07) is 11.6. The summed E-state index contributed by atoms with van der Waals surface area (Å²) in [5.74, 6) is 0.827. The molecule has 4 heterocycles. The van der Waals surface area contributed by atoms with Crippen molar-refractivity contribution in [1.29, 1.82) is 0 Å². The van der Waals surface area contributed by atoms with E-state index in [4.69, 9.17) is 26.3 Å². The molecule has 1 amide bonds. The van der Waals surface area contributed by atoms with Gasteiger partial charge in [0.2, 0.25) is 0 Å². The van der Waals surface area contributed by atoms with E-state index in [1.165, 1.54) is 0 Å². The molecule has 0 spiro atoms. The van der Waals surface area contributed by atoms with Gasteiger partial charge in [-0.2, -0.15) is 0 Å². The second kappa shape index (κ2) is 9.67. The standard InChI is InChI=1S/C28H31ClN6O2/c1-18-15-34(27(36)37-28(3,4)5)19(2)14-33(18)25-24-23(20-8-7-11-30-13-20)16-35(26(24)32-17-31-25)22-10-6-9-21(29)12-22/h6-13,16-19H,14-15H2,1-5H3/t18-,19+/m0/s1. The monoisotopic (exact) mass is 518 g/mol. The summed E-state index contributed by atoms with van der Waals surface area (Å²) in [6.45, 7) is 10.9. The van der Waals surface area contributed by atoms with Crippen molar-refractivity contribution in [3.63, 3.8) is 0 Å². The first-order chi connectivity index (χ1) is 17.6. The van der Waals surface area contributed by atoms with Gasteiger partial charge in [0, 0.05) is 65.6 Å². The molecule has 0 unspecified atom stereocenters. The molecule has 1 fully saturated rings. The Balaban J connectivity index is 1.60. The largest absolute Gasteiger partial charge is 0.444 e. The van der Waals surface area contributed by atoms with Crippen LogP contribution in [0.2, 0.25) is 5.02 Å². The molecule has 9 heteroatoms. The lowest BCUT2D eigenvalue weighted by Gasteiger charge is -2.44. The van der Waals surface area contributed by atoms with Crippen LogP contribution in [0.4, 0.5) is 10.6 Å². The van der Waals surface area contributed by atoms with E-state index in [2.05, 4.69) is 23.0 Å². The number of anilines is 1. The van der Waals surface area contributed by atoms with Gasteiger partial charge in [-0.25, -0.2) is 14.8 Å². The van der Waals surface area contributed by atoms with Crippen LogP contribution in [0.1, 0.15) is 34.6 Å². The summed E-state index contributed by atoms with van der Waals surface area (Å²) in [5, 5.41) is 1.58. The van der Waals surface area contributed by atoms with Gasteiger partial charge in [-0.15, -0.1) is 0 Å². The molecular weight excluding hydrogens is 488 g/mol. The molecule has 5 rings (SSSR count). The highest BCUT2D eigenvalue weighted by Crippen LogP contribution is 2.38. The number of carbonyl (C=O) groups excluding carboxylic acids is 1. The summed E-state index contributed by atoms with van der Waals surface area (Å²) < 4.78 is 7.71. The third-order valence-corrected chi connectivity index (χ3v) is 6.74. The first-order valence-corrected chi connectivity index (χ1v) is 12.8. The Bertz CT molecular complexity index is 1430. The Morgan fingerprint density at radius 2 is 1.89 bits per heavy atom. The van der Waals surface area contributed by atoms with E-state index >= 15 is 0 Å². The second-order valence-electron chi connectivity index (χ2n) is 10.5. The van der Waals surface area contributed by atoms with Crippen LogP contribution in [0, 0.1) is 0 Å². The van der Waals surface area contributed by atoms with Crippen LogP contribution in [0.5, 0.6) is 0 Å². The molecule has 1 aromatic carbocycles. The number of pyridine rings is 1. The number of benzene rings is 1. The molecular formula is C28H31ClN6O2. The predicted molar refractivity (Wildman–Crippen MR) is 146 cm³/mol. The van der Waals surface area contributed by atoms with E-state index in [1.807, 2.05) is 79.8 Å². The number of hydrogen-bond donors (Lipinski definition) is 0. The van der Waals surface area contributed by atoms with Gasteiger partial charge in [0.1, 0.15) is 17.7 Å². The summed E-state index contributed by atoms with van der Waals surface area (Å²) in [7, 11) is 0. The van der Waals surface area contributed by atoms with Gasteiger partial charge in [-0.1, -0.05) is 23.7 Å². The van der Waals surface area contributed by atoms with Crippen molar-refractivity contribution in [3.8, 4) is 16.8 Å². The number of halogens is 1. The number of hydrogen-bond acceptors (Lipinski definition) is 6. The van der Waals surface area contributed by atoms with Crippen molar-refractivity contribution < 1.29 is 9.53 Å². The Morgan fingerprint density at radius 1 is 1.08 bits per heavy atom. The highest BCUT2D eigenvalue weighted by atomic mass is 35.5. The van der Waals surface area contributed by atoms with Gasteiger partial charge in [0.05, 0.1) is 5.39 Å². The van der Waals surface area contributed by atoms with E-state index in [9.17, 15) is 4.79 Å². The number of ether oxygens (including phenoxy) is 1. The molecule has 1 saturated heterocycles. The van der Waals surface area contributed by atoms with Gasteiger partial charge in [-0.3, -0.25) is 4.98 Å². The Kier molecular flexibility index (Phi) is 6.54. The van der Waals surface area contributed by atoms with Gasteiger partial charge in [0.15, 0.2) is 5.65 Å². The number of aromatic nitrogens is 4. The molecule has 8 nitrogen and oxygen atoms in total. The molecule has 0 saturated carbocycles. The normalized spacial score (nSPS) is 18.3. The molecule has 0 radical (unpaired) electrons. The smallest absolute Gasteiger partial charge is 0.410 e. The highest BCUT2D eigenvalue weighted by Gasteiger charge is 2.36. The fourth-order valence-electron chi connectivity index (χ4n) is 4.82. The number of nitrogens with zero attached hydrogens (tertiary/aromatic N) is 6. The molecule has 1 aliphatic heterocycles. The van der Waals surface area contributed by atoms with Gasteiger partial charge >= 0.3 is 6.09 Å². The van der Waals surface area contributed by atoms with Crippen LogP contribution in [0.25, 0.3) is 27.8 Å². The average Bonchev–Trinajstić information content (AvgIpc) is 3.25. The number of piperazine rings is 1. The van der Waals surface area contributed by atoms with Crippen molar-refractivity contribution in [2.24, 2.45) is 0 Å². The van der Waals surface area contributed by atoms with E-state index < -0.39 is 5.60 Å². The maximum Gasteiger partial charge on any atom is 0.410 e. The molecule has 4 aromatic rings. The molecule has 0 aliphatic carbocycles. The van der Waals surface area contributed by atoms with E-state index in [-0.39, 0.29) is 18.2 Å².